The molecule has 0 unspecified atom stereocenters. The average Bonchev–Trinajstić information content (AvgIpc) is 3.50. The van der Waals surface area contributed by atoms with Gasteiger partial charge in [0.1, 0.15) is 5.75 Å². The smallest absolute Gasteiger partial charge is 0.255 e. The van der Waals surface area contributed by atoms with E-state index >= 15 is 0 Å². The van der Waals surface area contributed by atoms with E-state index in [0.29, 0.717) is 33.7 Å². The van der Waals surface area contributed by atoms with Gasteiger partial charge in [0.05, 0.1) is 5.02 Å². The highest BCUT2D eigenvalue weighted by Gasteiger charge is 2.24. The largest absolute Gasteiger partial charge is 0.453 e. The lowest BCUT2D eigenvalue weighted by Gasteiger charge is -2.11. The fraction of sp³-hybridized carbons (Fsp3) is 0.143. The van der Waals surface area contributed by atoms with E-state index in [-0.39, 0.29) is 11.7 Å². The molecule has 0 atom stereocenters. The van der Waals surface area contributed by atoms with Gasteiger partial charge in [-0.25, -0.2) is 4.98 Å². The van der Waals surface area contributed by atoms with Crippen molar-refractivity contribution >= 4 is 29.0 Å². The molecule has 6 heteroatoms. The van der Waals surface area contributed by atoms with Crippen LogP contribution in [0.1, 0.15) is 34.7 Å². The summed E-state index contributed by atoms with van der Waals surface area (Å²) >= 11 is 5.94. The van der Waals surface area contributed by atoms with Crippen LogP contribution in [-0.4, -0.2) is 10.9 Å². The molecule has 0 spiro atoms. The maximum atomic E-state index is 12.6. The molecule has 1 aliphatic rings. The Balaban J connectivity index is 1.50. The molecule has 0 radical (unpaired) electrons. The van der Waals surface area contributed by atoms with Crippen LogP contribution < -0.4 is 15.8 Å². The van der Waals surface area contributed by atoms with E-state index in [1.54, 1.807) is 30.3 Å². The minimum absolute atomic E-state index is 0.154. The monoisotopic (exact) mass is 379 g/mol. The lowest BCUT2D eigenvalue weighted by Crippen LogP contribution is -2.12. The Labute approximate surface area is 162 Å². The van der Waals surface area contributed by atoms with Crippen molar-refractivity contribution in [2.24, 2.45) is 0 Å². The van der Waals surface area contributed by atoms with Crippen molar-refractivity contribution in [3.63, 3.8) is 0 Å². The van der Waals surface area contributed by atoms with Gasteiger partial charge in [-0.15, -0.1) is 0 Å². The zero-order valence-electron chi connectivity index (χ0n) is 14.5. The number of ether oxygens (including phenoxy) is 1. The molecule has 4 rings (SSSR count). The molecule has 0 saturated heterocycles. The van der Waals surface area contributed by atoms with E-state index in [4.69, 9.17) is 22.1 Å². The van der Waals surface area contributed by atoms with Gasteiger partial charge in [-0.05, 0) is 48.6 Å². The number of amides is 1. The van der Waals surface area contributed by atoms with Gasteiger partial charge in [0.25, 0.3) is 5.91 Å². The van der Waals surface area contributed by atoms with E-state index < -0.39 is 0 Å². The molecule has 1 fully saturated rings. The van der Waals surface area contributed by atoms with Crippen LogP contribution in [0.3, 0.4) is 0 Å². The summed E-state index contributed by atoms with van der Waals surface area (Å²) in [6.45, 7) is 0. The fourth-order valence-corrected chi connectivity index (χ4v) is 2.98. The Morgan fingerprint density at radius 1 is 1.15 bits per heavy atom. The zero-order chi connectivity index (χ0) is 18.8. The second-order valence-electron chi connectivity index (χ2n) is 6.52. The van der Waals surface area contributed by atoms with Gasteiger partial charge in [-0.2, -0.15) is 0 Å². The maximum Gasteiger partial charge on any atom is 0.255 e. The highest BCUT2D eigenvalue weighted by Crippen LogP contribution is 2.40. The quantitative estimate of drug-likeness (QED) is 0.635. The molecule has 27 heavy (non-hydrogen) atoms. The van der Waals surface area contributed by atoms with E-state index in [1.807, 2.05) is 18.2 Å². The number of halogens is 1. The van der Waals surface area contributed by atoms with Gasteiger partial charge in [-0.3, -0.25) is 4.79 Å². The topological polar surface area (TPSA) is 77.2 Å². The maximum absolute atomic E-state index is 12.6. The Bertz CT molecular complexity index is 1000. The second-order valence-corrected chi connectivity index (χ2v) is 6.96. The molecule has 1 heterocycles. The van der Waals surface area contributed by atoms with E-state index in [9.17, 15) is 4.79 Å². The van der Waals surface area contributed by atoms with Crippen molar-refractivity contribution in [1.82, 2.24) is 4.98 Å². The summed E-state index contributed by atoms with van der Waals surface area (Å²) in [5, 5.41) is 3.33. The number of carbonyl (C=O) groups excluding carboxylic acids is 1. The Hall–Kier alpha value is -3.05. The lowest BCUT2D eigenvalue weighted by molar-refractivity contribution is 0.102. The number of pyridine rings is 1. The van der Waals surface area contributed by atoms with Crippen LogP contribution in [0.25, 0.3) is 0 Å². The molecule has 1 aliphatic carbocycles. The predicted octanol–water partition coefficient (Wildman–Crippen LogP) is 5.24. The predicted molar refractivity (Wildman–Crippen MR) is 107 cm³/mol. The zero-order valence-corrected chi connectivity index (χ0v) is 15.2. The normalized spacial score (nSPS) is 13.2. The highest BCUT2D eigenvalue weighted by atomic mass is 35.5. The average molecular weight is 380 g/mol. The molecular weight excluding hydrogens is 362 g/mol. The minimum Gasteiger partial charge on any atom is -0.453 e. The number of aromatic nitrogens is 1. The van der Waals surface area contributed by atoms with Gasteiger partial charge < -0.3 is 15.8 Å². The number of rotatable bonds is 5. The Morgan fingerprint density at radius 3 is 2.78 bits per heavy atom. The number of nitrogens with two attached hydrogens (primary N) is 1. The molecular formula is C21H18ClN3O2. The summed E-state index contributed by atoms with van der Waals surface area (Å²) in [5.74, 6) is 1.58. The van der Waals surface area contributed by atoms with Crippen LogP contribution in [0.2, 0.25) is 5.02 Å². The first-order valence-corrected chi connectivity index (χ1v) is 9.06. The number of nitrogens with one attached hydrogen (secondary N) is 1. The SMILES string of the molecule is Nc1ncc(Cl)cc1Oc1cccc(NC(=O)c2cccc(C3CC3)c2)c1. The van der Waals surface area contributed by atoms with Gasteiger partial charge in [0.15, 0.2) is 11.6 Å². The highest BCUT2D eigenvalue weighted by molar-refractivity contribution is 6.30. The van der Waals surface area contributed by atoms with Crippen molar-refractivity contribution < 1.29 is 9.53 Å². The third kappa shape index (κ3) is 4.20. The summed E-state index contributed by atoms with van der Waals surface area (Å²) in [6, 6.07) is 16.5. The summed E-state index contributed by atoms with van der Waals surface area (Å²) in [5.41, 5.74) is 8.31. The van der Waals surface area contributed by atoms with Crippen LogP contribution in [0.4, 0.5) is 11.5 Å². The summed E-state index contributed by atoms with van der Waals surface area (Å²) in [6.07, 6.45) is 3.86. The first-order chi connectivity index (χ1) is 13.1. The molecule has 0 bridgehead atoms. The molecule has 1 saturated carbocycles. The van der Waals surface area contributed by atoms with E-state index in [2.05, 4.69) is 16.4 Å². The van der Waals surface area contributed by atoms with Gasteiger partial charge >= 0.3 is 0 Å². The Kier molecular flexibility index (Phi) is 4.69. The van der Waals surface area contributed by atoms with E-state index in [1.165, 1.54) is 24.6 Å². The van der Waals surface area contributed by atoms with Crippen molar-refractivity contribution in [1.29, 1.82) is 0 Å². The van der Waals surface area contributed by atoms with Crippen LogP contribution in [0.5, 0.6) is 11.5 Å². The third-order valence-corrected chi connectivity index (χ3v) is 4.57. The molecule has 3 N–H and O–H groups in total. The number of benzene rings is 2. The van der Waals surface area contributed by atoms with E-state index in [0.717, 1.165) is 0 Å². The summed E-state index contributed by atoms with van der Waals surface area (Å²) in [7, 11) is 0. The van der Waals surface area contributed by atoms with Crippen LogP contribution in [0.15, 0.2) is 60.8 Å². The van der Waals surface area contributed by atoms with Crippen molar-refractivity contribution in [2.75, 3.05) is 11.1 Å². The van der Waals surface area contributed by atoms with Crippen molar-refractivity contribution in [3.05, 3.63) is 76.9 Å². The third-order valence-electron chi connectivity index (χ3n) is 4.37. The molecule has 3 aromatic rings. The molecule has 5 nitrogen and oxygen atoms in total. The lowest BCUT2D eigenvalue weighted by atomic mass is 10.1. The van der Waals surface area contributed by atoms with Crippen LogP contribution >= 0.6 is 11.6 Å². The number of anilines is 2. The number of hydrogen-bond acceptors (Lipinski definition) is 4. The molecule has 136 valence electrons. The standard InChI is InChI=1S/C21H18ClN3O2/c22-16-10-19(20(23)24-12-16)27-18-6-2-5-17(11-18)25-21(26)15-4-1-3-14(9-15)13-7-8-13/h1-6,9-13H,7-8H2,(H2,23,24)(H,25,26). The van der Waals surface area contributed by atoms with Crippen molar-refractivity contribution in [2.45, 2.75) is 18.8 Å². The minimum atomic E-state index is -0.154. The van der Waals surface area contributed by atoms with Crippen LogP contribution in [-0.2, 0) is 0 Å². The number of hydrogen-bond donors (Lipinski definition) is 2. The summed E-state index contributed by atoms with van der Waals surface area (Å²) < 4.78 is 5.75. The number of carbonyl (C=O) groups is 1. The molecule has 2 aromatic carbocycles. The second kappa shape index (κ2) is 7.29. The van der Waals surface area contributed by atoms with Crippen LogP contribution in [0, 0.1) is 0 Å². The van der Waals surface area contributed by atoms with Gasteiger partial charge in [-0.1, -0.05) is 29.8 Å². The fourth-order valence-electron chi connectivity index (χ4n) is 2.83. The first kappa shape index (κ1) is 17.4. The van der Waals surface area contributed by atoms with Crippen molar-refractivity contribution in [3.8, 4) is 11.5 Å². The molecule has 1 amide bonds. The molecule has 0 aliphatic heterocycles. The first-order valence-electron chi connectivity index (χ1n) is 8.69. The van der Waals surface area contributed by atoms with Gasteiger partial charge in [0.2, 0.25) is 0 Å². The molecule has 1 aromatic heterocycles. The van der Waals surface area contributed by atoms with Gasteiger partial charge in [0, 0.05) is 29.6 Å². The Morgan fingerprint density at radius 2 is 1.96 bits per heavy atom. The number of nitrogens with zero attached hydrogens (tertiary/aromatic N) is 1. The number of nitrogen functional groups attached to an aromatic ring is 1. The summed E-state index contributed by atoms with van der Waals surface area (Å²) in [4.78, 5) is 16.5.